The van der Waals surface area contributed by atoms with Gasteiger partial charge < -0.3 is 5.32 Å². The molecule has 0 aliphatic carbocycles. The summed E-state index contributed by atoms with van der Waals surface area (Å²) in [7, 11) is 0. The Labute approximate surface area is 94.5 Å². The minimum Gasteiger partial charge on any atom is -0.316 e. The monoisotopic (exact) mass is 223 g/mol. The molecular weight excluding hydrogens is 206 g/mol. The summed E-state index contributed by atoms with van der Waals surface area (Å²) < 4.78 is 0. The molecule has 0 saturated carbocycles. The molecule has 2 aliphatic rings. The fourth-order valence-electron chi connectivity index (χ4n) is 2.76. The van der Waals surface area contributed by atoms with E-state index in [0.29, 0.717) is 0 Å². The molecule has 0 bridgehead atoms. The first-order chi connectivity index (χ1) is 7.33. The Morgan fingerprint density at radius 3 is 2.80 bits per heavy atom. The maximum absolute atomic E-state index is 4.31. The van der Waals surface area contributed by atoms with Gasteiger partial charge in [-0.05, 0) is 31.8 Å². The van der Waals surface area contributed by atoms with Crippen molar-refractivity contribution in [3.05, 3.63) is 16.1 Å². The first-order valence-corrected chi connectivity index (χ1v) is 6.53. The van der Waals surface area contributed by atoms with Crippen LogP contribution in [0.3, 0.4) is 0 Å². The Morgan fingerprint density at radius 1 is 1.47 bits per heavy atom. The van der Waals surface area contributed by atoms with Crippen LogP contribution in [0.5, 0.6) is 0 Å². The Bertz CT molecular complexity index is 337. The summed E-state index contributed by atoms with van der Waals surface area (Å²) in [4.78, 5) is 8.35. The number of nitrogens with one attached hydrogen (secondary N) is 1. The van der Waals surface area contributed by atoms with Crippen molar-refractivity contribution in [2.24, 2.45) is 11.8 Å². The molecule has 3 rings (SSSR count). The van der Waals surface area contributed by atoms with E-state index < -0.39 is 0 Å². The number of aryl methyl sites for hydroxylation is 1. The number of hydrogen-bond acceptors (Lipinski definition) is 4. The van der Waals surface area contributed by atoms with Crippen molar-refractivity contribution in [2.45, 2.75) is 13.5 Å². The lowest BCUT2D eigenvalue weighted by Gasteiger charge is -2.15. The molecule has 3 heterocycles. The zero-order chi connectivity index (χ0) is 10.3. The van der Waals surface area contributed by atoms with Gasteiger partial charge in [0.2, 0.25) is 0 Å². The summed E-state index contributed by atoms with van der Waals surface area (Å²) in [6, 6.07) is 0. The van der Waals surface area contributed by atoms with E-state index in [4.69, 9.17) is 0 Å². The summed E-state index contributed by atoms with van der Waals surface area (Å²) in [6.45, 7) is 8.23. The van der Waals surface area contributed by atoms with Gasteiger partial charge in [-0.25, -0.2) is 4.98 Å². The largest absolute Gasteiger partial charge is 0.316 e. The minimum atomic E-state index is 0.901. The van der Waals surface area contributed by atoms with E-state index in [-0.39, 0.29) is 0 Å². The van der Waals surface area contributed by atoms with Crippen LogP contribution in [0.1, 0.15) is 10.6 Å². The zero-order valence-electron chi connectivity index (χ0n) is 9.07. The highest BCUT2D eigenvalue weighted by Gasteiger charge is 2.35. The number of thiazole rings is 1. The predicted octanol–water partition coefficient (Wildman–Crippen LogP) is 1.10. The van der Waals surface area contributed by atoms with Gasteiger partial charge in [0.25, 0.3) is 0 Å². The lowest BCUT2D eigenvalue weighted by atomic mass is 10.0. The zero-order valence-corrected chi connectivity index (χ0v) is 9.89. The summed E-state index contributed by atoms with van der Waals surface area (Å²) in [5.41, 5.74) is 3.18. The van der Waals surface area contributed by atoms with Crippen molar-refractivity contribution >= 4 is 11.3 Å². The molecule has 1 N–H and O–H groups in total. The molecule has 1 aromatic rings. The SMILES string of the molecule is Cc1ncsc1CN1CC2CNCC2C1. The molecule has 2 saturated heterocycles. The summed E-state index contributed by atoms with van der Waals surface area (Å²) >= 11 is 1.80. The Morgan fingerprint density at radius 2 is 2.20 bits per heavy atom. The highest BCUT2D eigenvalue weighted by Crippen LogP contribution is 2.28. The average molecular weight is 223 g/mol. The van der Waals surface area contributed by atoms with Crippen LogP contribution in [0, 0.1) is 18.8 Å². The third-order valence-corrected chi connectivity index (χ3v) is 4.60. The van der Waals surface area contributed by atoms with E-state index in [9.17, 15) is 0 Å². The fraction of sp³-hybridized carbons (Fsp3) is 0.727. The lowest BCUT2D eigenvalue weighted by molar-refractivity contribution is 0.307. The van der Waals surface area contributed by atoms with Crippen LogP contribution in [0.25, 0.3) is 0 Å². The second kappa shape index (κ2) is 3.85. The van der Waals surface area contributed by atoms with Crippen molar-refractivity contribution in [1.82, 2.24) is 15.2 Å². The minimum absolute atomic E-state index is 0.901. The van der Waals surface area contributed by atoms with Gasteiger partial charge in [0.05, 0.1) is 11.2 Å². The third kappa shape index (κ3) is 1.82. The predicted molar refractivity (Wildman–Crippen MR) is 62.0 cm³/mol. The van der Waals surface area contributed by atoms with E-state index in [1.54, 1.807) is 11.3 Å². The summed E-state index contributed by atoms with van der Waals surface area (Å²) in [5, 5.41) is 3.48. The van der Waals surface area contributed by atoms with Gasteiger partial charge in [-0.15, -0.1) is 11.3 Å². The maximum Gasteiger partial charge on any atom is 0.0798 e. The van der Waals surface area contributed by atoms with E-state index in [2.05, 4.69) is 22.1 Å². The van der Waals surface area contributed by atoms with Crippen molar-refractivity contribution in [1.29, 1.82) is 0 Å². The highest BCUT2D eigenvalue weighted by atomic mass is 32.1. The Hall–Kier alpha value is -0.450. The van der Waals surface area contributed by atoms with Gasteiger partial charge in [-0.1, -0.05) is 0 Å². The van der Waals surface area contributed by atoms with Gasteiger partial charge in [-0.3, -0.25) is 4.90 Å². The summed E-state index contributed by atoms with van der Waals surface area (Å²) in [6.07, 6.45) is 0. The first-order valence-electron chi connectivity index (χ1n) is 5.65. The van der Waals surface area contributed by atoms with E-state index >= 15 is 0 Å². The van der Waals surface area contributed by atoms with E-state index in [1.165, 1.54) is 36.8 Å². The Kier molecular flexibility index (Phi) is 2.50. The number of fused-ring (bicyclic) bond motifs is 1. The molecule has 2 aliphatic heterocycles. The van der Waals surface area contributed by atoms with Crippen LogP contribution < -0.4 is 5.32 Å². The van der Waals surface area contributed by atoms with Gasteiger partial charge in [0.15, 0.2) is 0 Å². The van der Waals surface area contributed by atoms with Gasteiger partial charge in [0.1, 0.15) is 0 Å². The second-order valence-electron chi connectivity index (χ2n) is 4.73. The topological polar surface area (TPSA) is 28.2 Å². The Balaban J connectivity index is 1.64. The van der Waals surface area contributed by atoms with Gasteiger partial charge >= 0.3 is 0 Å². The van der Waals surface area contributed by atoms with Crippen molar-refractivity contribution in [2.75, 3.05) is 26.2 Å². The van der Waals surface area contributed by atoms with Crippen LogP contribution in [-0.4, -0.2) is 36.1 Å². The molecule has 0 radical (unpaired) electrons. The molecule has 2 atom stereocenters. The maximum atomic E-state index is 4.31. The second-order valence-corrected chi connectivity index (χ2v) is 5.67. The number of hydrogen-bond donors (Lipinski definition) is 1. The fourth-order valence-corrected chi connectivity index (χ4v) is 3.58. The quantitative estimate of drug-likeness (QED) is 0.814. The van der Waals surface area contributed by atoms with Crippen LogP contribution in [0.15, 0.2) is 5.51 Å². The summed E-state index contributed by atoms with van der Waals surface area (Å²) in [5.74, 6) is 1.80. The molecule has 2 unspecified atom stereocenters. The van der Waals surface area contributed by atoms with Crippen LogP contribution >= 0.6 is 11.3 Å². The molecule has 4 heteroatoms. The van der Waals surface area contributed by atoms with Crippen LogP contribution in [0.2, 0.25) is 0 Å². The molecule has 1 aromatic heterocycles. The third-order valence-electron chi connectivity index (χ3n) is 3.68. The molecule has 0 amide bonds. The first kappa shape index (κ1) is 9.75. The molecule has 0 aromatic carbocycles. The normalized spacial score (nSPS) is 31.0. The van der Waals surface area contributed by atoms with E-state index in [0.717, 1.165) is 18.4 Å². The van der Waals surface area contributed by atoms with E-state index in [1.807, 2.05) is 5.51 Å². The van der Waals surface area contributed by atoms with Crippen molar-refractivity contribution in [3.63, 3.8) is 0 Å². The van der Waals surface area contributed by atoms with Crippen molar-refractivity contribution < 1.29 is 0 Å². The lowest BCUT2D eigenvalue weighted by Crippen LogP contribution is -2.25. The smallest absolute Gasteiger partial charge is 0.0798 e. The molecule has 82 valence electrons. The number of nitrogens with zero attached hydrogens (tertiary/aromatic N) is 2. The molecule has 15 heavy (non-hydrogen) atoms. The van der Waals surface area contributed by atoms with Crippen molar-refractivity contribution in [3.8, 4) is 0 Å². The van der Waals surface area contributed by atoms with Gasteiger partial charge in [0, 0.05) is 24.5 Å². The molecule has 3 nitrogen and oxygen atoms in total. The van der Waals surface area contributed by atoms with Gasteiger partial charge in [-0.2, -0.15) is 0 Å². The standard InChI is InChI=1S/C11H17N3S/c1-8-11(15-7-13-8)6-14-4-9-2-12-3-10(9)5-14/h7,9-10,12H,2-6H2,1H3. The number of aromatic nitrogens is 1. The highest BCUT2D eigenvalue weighted by molar-refractivity contribution is 7.09. The number of likely N-dealkylation sites (tertiary alicyclic amines) is 1. The number of rotatable bonds is 2. The molecule has 2 fully saturated rings. The molecular formula is C11H17N3S. The molecule has 0 spiro atoms. The van der Waals surface area contributed by atoms with Crippen LogP contribution in [-0.2, 0) is 6.54 Å². The average Bonchev–Trinajstić information content (AvgIpc) is 2.83. The van der Waals surface area contributed by atoms with Crippen LogP contribution in [0.4, 0.5) is 0 Å².